The number of ether oxygens (including phenoxy) is 1. The van der Waals surface area contributed by atoms with Crippen molar-refractivity contribution in [2.24, 2.45) is 10.7 Å². The van der Waals surface area contributed by atoms with Crippen molar-refractivity contribution >= 4 is 18.2 Å². The summed E-state index contributed by atoms with van der Waals surface area (Å²) in [5, 5.41) is 3.59. The molecule has 9 heteroatoms. The average molecular weight is 499 g/mol. The van der Waals surface area contributed by atoms with Gasteiger partial charge in [-0.05, 0) is 42.0 Å². The SMILES string of the molecule is C[C@@H](OC[C@@]1(c2ccccc2)CC[C@](CC(N)=O)(N2C=NCC2=O)CN1)c1cc(CF)cc(CF)c1. The minimum absolute atomic E-state index is 0.0158. The number of alkyl halides is 2. The number of aliphatic imine (C=N–C) groups is 1. The Morgan fingerprint density at radius 3 is 2.39 bits per heavy atom. The molecular weight excluding hydrogens is 466 g/mol. The van der Waals surface area contributed by atoms with Crippen LogP contribution in [0, 0.1) is 0 Å². The number of halogens is 2. The Kier molecular flexibility index (Phi) is 7.80. The predicted octanol–water partition coefficient (Wildman–Crippen LogP) is 3.47. The quantitative estimate of drug-likeness (QED) is 0.524. The molecule has 0 aromatic heterocycles. The second-order valence-corrected chi connectivity index (χ2v) is 9.69. The third-order valence-electron chi connectivity index (χ3n) is 7.24. The molecule has 7 nitrogen and oxygen atoms in total. The number of nitrogens with zero attached hydrogens (tertiary/aromatic N) is 2. The van der Waals surface area contributed by atoms with Crippen molar-refractivity contribution in [1.82, 2.24) is 10.2 Å². The van der Waals surface area contributed by atoms with Crippen LogP contribution < -0.4 is 11.1 Å². The summed E-state index contributed by atoms with van der Waals surface area (Å²) in [7, 11) is 0. The Balaban J connectivity index is 1.58. The third kappa shape index (κ3) is 5.32. The van der Waals surface area contributed by atoms with Crippen LogP contribution in [0.1, 0.15) is 54.5 Å². The second-order valence-electron chi connectivity index (χ2n) is 9.69. The van der Waals surface area contributed by atoms with Crippen molar-refractivity contribution in [2.75, 3.05) is 19.7 Å². The number of nitrogens with two attached hydrogens (primary N) is 1. The molecule has 0 radical (unpaired) electrons. The predicted molar refractivity (Wildman–Crippen MR) is 133 cm³/mol. The molecule has 2 aliphatic rings. The first kappa shape index (κ1) is 25.9. The maximum absolute atomic E-state index is 13.3. The van der Waals surface area contributed by atoms with Gasteiger partial charge in [-0.2, -0.15) is 0 Å². The van der Waals surface area contributed by atoms with Crippen molar-refractivity contribution in [1.29, 1.82) is 0 Å². The number of piperidine rings is 1. The van der Waals surface area contributed by atoms with E-state index in [4.69, 9.17) is 10.5 Å². The smallest absolute Gasteiger partial charge is 0.249 e. The number of amides is 2. The van der Waals surface area contributed by atoms with Gasteiger partial charge >= 0.3 is 0 Å². The van der Waals surface area contributed by atoms with Crippen LogP contribution in [0.5, 0.6) is 0 Å². The van der Waals surface area contributed by atoms with E-state index in [2.05, 4.69) is 10.3 Å². The van der Waals surface area contributed by atoms with E-state index in [0.717, 1.165) is 5.56 Å². The molecule has 0 unspecified atom stereocenters. The van der Waals surface area contributed by atoms with Gasteiger partial charge in [0, 0.05) is 6.54 Å². The number of primary amides is 1. The normalized spacial score (nSPS) is 24.8. The van der Waals surface area contributed by atoms with E-state index in [1.807, 2.05) is 37.3 Å². The zero-order valence-electron chi connectivity index (χ0n) is 20.4. The highest BCUT2D eigenvalue weighted by molar-refractivity contribution is 5.95. The molecule has 2 aromatic carbocycles. The highest BCUT2D eigenvalue weighted by atomic mass is 19.1. The first-order valence-corrected chi connectivity index (χ1v) is 12.1. The Hall–Kier alpha value is -3.17. The molecule has 4 rings (SSSR count). The molecule has 0 bridgehead atoms. The third-order valence-corrected chi connectivity index (χ3v) is 7.24. The van der Waals surface area contributed by atoms with Crippen LogP contribution in [-0.2, 0) is 33.2 Å². The number of benzene rings is 2. The van der Waals surface area contributed by atoms with Crippen molar-refractivity contribution in [3.63, 3.8) is 0 Å². The van der Waals surface area contributed by atoms with Crippen molar-refractivity contribution in [2.45, 2.75) is 56.7 Å². The minimum atomic E-state index is -0.807. The molecule has 192 valence electrons. The van der Waals surface area contributed by atoms with E-state index in [0.29, 0.717) is 36.1 Å². The van der Waals surface area contributed by atoms with Crippen LogP contribution in [0.2, 0.25) is 0 Å². The fraction of sp³-hybridized carbons (Fsp3) is 0.444. The van der Waals surface area contributed by atoms with E-state index in [1.54, 1.807) is 17.0 Å². The summed E-state index contributed by atoms with van der Waals surface area (Å²) in [6, 6.07) is 14.8. The molecule has 3 atom stereocenters. The standard InChI is InChI=1S/C27H32F2N4O3/c1-19(22-10-20(13-28)9-21(11-22)14-29)36-17-27(23-5-3-2-4-6-23)8-7-26(16-32-27,12-24(30)34)33-18-31-15-25(33)35/h2-6,9-11,18-19,32H,7-8,12-17H2,1H3,(H2,30,34)/t19-,26-,27-/m1/s1. The van der Waals surface area contributed by atoms with E-state index >= 15 is 0 Å². The lowest BCUT2D eigenvalue weighted by Crippen LogP contribution is -2.65. The van der Waals surface area contributed by atoms with Gasteiger partial charge in [-0.1, -0.05) is 48.5 Å². The van der Waals surface area contributed by atoms with Crippen LogP contribution in [0.3, 0.4) is 0 Å². The van der Waals surface area contributed by atoms with Gasteiger partial charge < -0.3 is 15.8 Å². The van der Waals surface area contributed by atoms with Crippen LogP contribution in [0.4, 0.5) is 8.78 Å². The molecule has 0 saturated carbocycles. The summed E-state index contributed by atoms with van der Waals surface area (Å²) in [4.78, 5) is 30.1. The van der Waals surface area contributed by atoms with Gasteiger partial charge in [0.25, 0.3) is 0 Å². The molecule has 1 fully saturated rings. The highest BCUT2D eigenvalue weighted by Crippen LogP contribution is 2.40. The largest absolute Gasteiger partial charge is 0.372 e. The summed E-state index contributed by atoms with van der Waals surface area (Å²) in [6.07, 6.45) is 2.18. The summed E-state index contributed by atoms with van der Waals surface area (Å²) >= 11 is 0. The minimum Gasteiger partial charge on any atom is -0.372 e. The summed E-state index contributed by atoms with van der Waals surface area (Å²) in [5.41, 5.74) is 6.72. The zero-order chi connectivity index (χ0) is 25.8. The monoisotopic (exact) mass is 498 g/mol. The van der Waals surface area contributed by atoms with Gasteiger partial charge in [-0.15, -0.1) is 0 Å². The van der Waals surface area contributed by atoms with Crippen molar-refractivity contribution in [3.8, 4) is 0 Å². The molecule has 1 saturated heterocycles. The number of rotatable bonds is 10. The molecule has 36 heavy (non-hydrogen) atoms. The number of carbonyl (C=O) groups excluding carboxylic acids is 2. The maximum atomic E-state index is 13.3. The second kappa shape index (κ2) is 10.8. The molecule has 2 amide bonds. The summed E-state index contributed by atoms with van der Waals surface area (Å²) < 4.78 is 33.0. The molecule has 3 N–H and O–H groups in total. The van der Waals surface area contributed by atoms with Gasteiger partial charge in [0.2, 0.25) is 11.8 Å². The number of nitrogens with one attached hydrogen (secondary N) is 1. The lowest BCUT2D eigenvalue weighted by Gasteiger charge is -2.50. The van der Waals surface area contributed by atoms with Gasteiger partial charge in [-0.25, -0.2) is 8.78 Å². The topological polar surface area (TPSA) is 97.0 Å². The average Bonchev–Trinajstić information content (AvgIpc) is 3.34. The van der Waals surface area contributed by atoms with Crippen molar-refractivity contribution < 1.29 is 23.1 Å². The number of hydrogen-bond acceptors (Lipinski definition) is 5. The zero-order valence-corrected chi connectivity index (χ0v) is 20.4. The number of carbonyl (C=O) groups is 2. The number of hydrogen-bond donors (Lipinski definition) is 2. The summed E-state index contributed by atoms with van der Waals surface area (Å²) in [5.74, 6) is -0.648. The fourth-order valence-corrected chi connectivity index (χ4v) is 5.20. The first-order chi connectivity index (χ1) is 17.3. The molecule has 0 aliphatic carbocycles. The summed E-state index contributed by atoms with van der Waals surface area (Å²) in [6.45, 7) is 1.16. The van der Waals surface area contributed by atoms with Gasteiger partial charge in [0.05, 0.1) is 36.5 Å². The highest BCUT2D eigenvalue weighted by Gasteiger charge is 2.49. The Morgan fingerprint density at radius 1 is 1.17 bits per heavy atom. The Morgan fingerprint density at radius 2 is 1.86 bits per heavy atom. The lowest BCUT2D eigenvalue weighted by atomic mass is 9.74. The van der Waals surface area contributed by atoms with E-state index in [9.17, 15) is 18.4 Å². The fourth-order valence-electron chi connectivity index (χ4n) is 5.20. The molecule has 0 spiro atoms. The van der Waals surface area contributed by atoms with Gasteiger partial charge in [-0.3, -0.25) is 19.5 Å². The Labute approximate surface area is 209 Å². The van der Waals surface area contributed by atoms with E-state index in [1.165, 1.54) is 12.4 Å². The van der Waals surface area contributed by atoms with Gasteiger partial charge in [0.15, 0.2) is 0 Å². The van der Waals surface area contributed by atoms with Crippen LogP contribution in [-0.4, -0.2) is 48.3 Å². The molecular formula is C27H32F2N4O3. The van der Waals surface area contributed by atoms with Crippen LogP contribution >= 0.6 is 0 Å². The van der Waals surface area contributed by atoms with Gasteiger partial charge in [0.1, 0.15) is 19.9 Å². The Bertz CT molecular complexity index is 1100. The van der Waals surface area contributed by atoms with Crippen molar-refractivity contribution in [3.05, 3.63) is 70.8 Å². The van der Waals surface area contributed by atoms with Crippen LogP contribution in [0.25, 0.3) is 0 Å². The lowest BCUT2D eigenvalue weighted by molar-refractivity contribution is -0.132. The molecule has 2 heterocycles. The first-order valence-electron chi connectivity index (χ1n) is 12.1. The van der Waals surface area contributed by atoms with Crippen LogP contribution in [0.15, 0.2) is 53.5 Å². The maximum Gasteiger partial charge on any atom is 0.249 e. The molecule has 2 aromatic rings. The molecule has 2 aliphatic heterocycles. The van der Waals surface area contributed by atoms with E-state index < -0.39 is 36.4 Å². The van der Waals surface area contributed by atoms with E-state index in [-0.39, 0.29) is 25.5 Å².